The predicted molar refractivity (Wildman–Crippen MR) is 127 cm³/mol. The van der Waals surface area contributed by atoms with Gasteiger partial charge in [-0.2, -0.15) is 0 Å². The zero-order valence-electron chi connectivity index (χ0n) is 18.4. The number of carbonyl (C=O) groups is 1. The van der Waals surface area contributed by atoms with Gasteiger partial charge in [-0.05, 0) is 36.8 Å². The number of carbonyl (C=O) groups excluding carboxylic acids is 1. The number of urea groups is 1. The van der Waals surface area contributed by atoms with Crippen molar-refractivity contribution in [2.75, 3.05) is 58.9 Å². The van der Waals surface area contributed by atoms with Gasteiger partial charge in [0, 0.05) is 42.8 Å². The molecule has 0 aliphatic carbocycles. The number of morpholine rings is 1. The smallest absolute Gasteiger partial charge is 0.322 e. The van der Waals surface area contributed by atoms with Crippen molar-refractivity contribution in [3.8, 4) is 11.5 Å². The minimum absolute atomic E-state index is 0.256. The van der Waals surface area contributed by atoms with Gasteiger partial charge in [-0.25, -0.2) is 4.79 Å². The Hall–Kier alpha value is -2.19. The molecule has 1 heterocycles. The van der Waals surface area contributed by atoms with Gasteiger partial charge in [0.05, 0.1) is 44.7 Å². The average molecular weight is 482 g/mol. The Bertz CT molecular complexity index is 907. The molecule has 3 rings (SSSR count). The standard InChI is InChI=1S/C23H29Cl2N3O4/c1-30-19-6-4-17(22(15-19)31-2)16-28(9-3-8-27-10-12-32-13-11-27)23(29)26-21-14-18(24)5-7-20(21)25/h4-7,14-15H,3,8-13,16H2,1-2H3,(H,26,29). The Morgan fingerprint density at radius 2 is 1.91 bits per heavy atom. The van der Waals surface area contributed by atoms with E-state index in [1.54, 1.807) is 37.3 Å². The second-order valence-electron chi connectivity index (χ2n) is 7.46. The highest BCUT2D eigenvalue weighted by Crippen LogP contribution is 2.28. The van der Waals surface area contributed by atoms with Crippen LogP contribution < -0.4 is 14.8 Å². The Labute approximate surface area is 199 Å². The van der Waals surface area contributed by atoms with Crippen molar-refractivity contribution in [3.05, 3.63) is 52.0 Å². The Kier molecular flexibility index (Phi) is 9.29. The van der Waals surface area contributed by atoms with E-state index in [1.807, 2.05) is 18.2 Å². The van der Waals surface area contributed by atoms with E-state index >= 15 is 0 Å². The molecule has 2 aromatic carbocycles. The highest BCUT2D eigenvalue weighted by molar-refractivity contribution is 6.35. The van der Waals surface area contributed by atoms with Gasteiger partial charge in [-0.1, -0.05) is 23.2 Å². The van der Waals surface area contributed by atoms with Gasteiger partial charge in [0.25, 0.3) is 0 Å². The number of hydrogen-bond donors (Lipinski definition) is 1. The third-order valence-electron chi connectivity index (χ3n) is 5.32. The van der Waals surface area contributed by atoms with Crippen molar-refractivity contribution >= 4 is 34.9 Å². The van der Waals surface area contributed by atoms with Crippen LogP contribution in [-0.2, 0) is 11.3 Å². The van der Waals surface area contributed by atoms with Crippen LogP contribution in [-0.4, -0.2) is 69.4 Å². The summed E-state index contributed by atoms with van der Waals surface area (Å²) in [6.07, 6.45) is 0.829. The van der Waals surface area contributed by atoms with Crippen molar-refractivity contribution in [1.29, 1.82) is 0 Å². The van der Waals surface area contributed by atoms with Crippen LogP contribution >= 0.6 is 23.2 Å². The molecular formula is C23H29Cl2N3O4. The topological polar surface area (TPSA) is 63.3 Å². The summed E-state index contributed by atoms with van der Waals surface area (Å²) in [7, 11) is 3.21. The molecule has 1 aliphatic heterocycles. The van der Waals surface area contributed by atoms with Crippen LogP contribution in [0.4, 0.5) is 10.5 Å². The highest BCUT2D eigenvalue weighted by Gasteiger charge is 2.19. The molecule has 2 amide bonds. The second-order valence-corrected chi connectivity index (χ2v) is 8.30. The van der Waals surface area contributed by atoms with E-state index in [4.69, 9.17) is 37.4 Å². The SMILES string of the molecule is COc1ccc(CN(CCCN2CCOCC2)C(=O)Nc2cc(Cl)ccc2Cl)c(OC)c1. The molecule has 174 valence electrons. The summed E-state index contributed by atoms with van der Waals surface area (Å²) in [5, 5.41) is 3.82. The molecule has 2 aromatic rings. The van der Waals surface area contributed by atoms with Gasteiger partial charge in [-0.3, -0.25) is 4.90 Å². The zero-order valence-corrected chi connectivity index (χ0v) is 19.9. The quantitative estimate of drug-likeness (QED) is 0.558. The van der Waals surface area contributed by atoms with E-state index in [9.17, 15) is 4.79 Å². The molecule has 0 unspecified atom stereocenters. The first kappa shape index (κ1) is 24.5. The normalized spacial score (nSPS) is 14.1. The number of nitrogens with one attached hydrogen (secondary N) is 1. The molecule has 1 N–H and O–H groups in total. The molecule has 0 spiro atoms. The molecule has 1 aliphatic rings. The third-order valence-corrected chi connectivity index (χ3v) is 5.88. The molecule has 0 atom stereocenters. The lowest BCUT2D eigenvalue weighted by molar-refractivity contribution is 0.0365. The molecule has 7 nitrogen and oxygen atoms in total. The van der Waals surface area contributed by atoms with Gasteiger partial charge in [0.15, 0.2) is 0 Å². The predicted octanol–water partition coefficient (Wildman–Crippen LogP) is 4.77. The number of methoxy groups -OCH3 is 2. The summed E-state index contributed by atoms with van der Waals surface area (Å²) in [6, 6.07) is 10.3. The van der Waals surface area contributed by atoms with Gasteiger partial charge in [-0.15, -0.1) is 0 Å². The first-order chi connectivity index (χ1) is 15.5. The minimum Gasteiger partial charge on any atom is -0.497 e. The molecule has 1 fully saturated rings. The summed E-state index contributed by atoms with van der Waals surface area (Å²) in [6.45, 7) is 5.16. The monoisotopic (exact) mass is 481 g/mol. The fourth-order valence-electron chi connectivity index (χ4n) is 3.54. The van der Waals surface area contributed by atoms with E-state index in [-0.39, 0.29) is 6.03 Å². The number of anilines is 1. The first-order valence-corrected chi connectivity index (χ1v) is 11.3. The number of hydrogen-bond acceptors (Lipinski definition) is 5. The largest absolute Gasteiger partial charge is 0.497 e. The second kappa shape index (κ2) is 12.2. The van der Waals surface area contributed by atoms with E-state index in [1.165, 1.54) is 0 Å². The number of amides is 2. The summed E-state index contributed by atoms with van der Waals surface area (Å²) in [4.78, 5) is 17.3. The minimum atomic E-state index is -0.256. The Morgan fingerprint density at radius 1 is 1.12 bits per heavy atom. The third kappa shape index (κ3) is 6.90. The van der Waals surface area contributed by atoms with E-state index < -0.39 is 0 Å². The fraction of sp³-hybridized carbons (Fsp3) is 0.435. The highest BCUT2D eigenvalue weighted by atomic mass is 35.5. The lowest BCUT2D eigenvalue weighted by Gasteiger charge is -2.29. The molecular weight excluding hydrogens is 453 g/mol. The van der Waals surface area contributed by atoms with Gasteiger partial charge in [0.2, 0.25) is 0 Å². The van der Waals surface area contributed by atoms with Crippen molar-refractivity contribution in [2.24, 2.45) is 0 Å². The molecule has 0 radical (unpaired) electrons. The lowest BCUT2D eigenvalue weighted by atomic mass is 10.1. The van der Waals surface area contributed by atoms with Crippen molar-refractivity contribution < 1.29 is 19.0 Å². The van der Waals surface area contributed by atoms with Crippen LogP contribution in [0.15, 0.2) is 36.4 Å². The van der Waals surface area contributed by atoms with E-state index in [0.717, 1.165) is 44.8 Å². The van der Waals surface area contributed by atoms with Crippen LogP contribution in [0.1, 0.15) is 12.0 Å². The van der Waals surface area contributed by atoms with Crippen LogP contribution in [0.5, 0.6) is 11.5 Å². The molecule has 0 saturated carbocycles. The van der Waals surface area contributed by atoms with Crippen molar-refractivity contribution in [1.82, 2.24) is 9.80 Å². The van der Waals surface area contributed by atoms with Crippen molar-refractivity contribution in [3.63, 3.8) is 0 Å². The maximum absolute atomic E-state index is 13.2. The summed E-state index contributed by atoms with van der Waals surface area (Å²) in [5.41, 5.74) is 1.36. The molecule has 1 saturated heterocycles. The number of benzene rings is 2. The number of ether oxygens (including phenoxy) is 3. The lowest BCUT2D eigenvalue weighted by Crippen LogP contribution is -2.40. The number of nitrogens with zero attached hydrogens (tertiary/aromatic N) is 2. The average Bonchev–Trinajstić information content (AvgIpc) is 2.81. The first-order valence-electron chi connectivity index (χ1n) is 10.5. The number of halogens is 2. The molecule has 0 bridgehead atoms. The van der Waals surface area contributed by atoms with Gasteiger partial charge < -0.3 is 24.4 Å². The summed E-state index contributed by atoms with van der Waals surface area (Å²) < 4.78 is 16.2. The Balaban J connectivity index is 1.73. The van der Waals surface area contributed by atoms with E-state index in [2.05, 4.69) is 10.2 Å². The molecule has 9 heteroatoms. The van der Waals surface area contributed by atoms with Crippen LogP contribution in [0, 0.1) is 0 Å². The van der Waals surface area contributed by atoms with Crippen molar-refractivity contribution in [2.45, 2.75) is 13.0 Å². The molecule has 32 heavy (non-hydrogen) atoms. The molecule has 0 aromatic heterocycles. The summed E-state index contributed by atoms with van der Waals surface area (Å²) >= 11 is 12.3. The van der Waals surface area contributed by atoms with E-state index in [0.29, 0.717) is 40.3 Å². The van der Waals surface area contributed by atoms with Crippen LogP contribution in [0.25, 0.3) is 0 Å². The van der Waals surface area contributed by atoms with Gasteiger partial charge in [0.1, 0.15) is 11.5 Å². The maximum Gasteiger partial charge on any atom is 0.322 e. The number of rotatable bonds is 9. The van der Waals surface area contributed by atoms with Crippen LogP contribution in [0.2, 0.25) is 10.0 Å². The maximum atomic E-state index is 13.2. The fourth-order valence-corrected chi connectivity index (χ4v) is 3.87. The summed E-state index contributed by atoms with van der Waals surface area (Å²) in [5.74, 6) is 1.36. The van der Waals surface area contributed by atoms with Gasteiger partial charge >= 0.3 is 6.03 Å². The Morgan fingerprint density at radius 3 is 2.62 bits per heavy atom. The van der Waals surface area contributed by atoms with Crippen LogP contribution in [0.3, 0.4) is 0 Å². The zero-order chi connectivity index (χ0) is 22.9.